The van der Waals surface area contributed by atoms with Crippen molar-refractivity contribution in [3.05, 3.63) is 41.5 Å². The van der Waals surface area contributed by atoms with Gasteiger partial charge in [-0.25, -0.2) is 4.39 Å². The summed E-state index contributed by atoms with van der Waals surface area (Å²) in [6.07, 6.45) is 2.71. The second-order valence-electron chi connectivity index (χ2n) is 4.35. The maximum absolute atomic E-state index is 13.2. The van der Waals surface area contributed by atoms with Crippen LogP contribution in [0, 0.1) is 12.7 Å². The van der Waals surface area contributed by atoms with Gasteiger partial charge in [0.05, 0.1) is 17.1 Å². The lowest BCUT2D eigenvalue weighted by Crippen LogP contribution is -2.08. The number of halogens is 1. The molecule has 0 saturated carbocycles. The van der Waals surface area contributed by atoms with Gasteiger partial charge in [-0.15, -0.1) is 0 Å². The molecule has 1 heterocycles. The third-order valence-electron chi connectivity index (χ3n) is 2.80. The minimum Gasteiger partial charge on any atom is -0.397 e. The summed E-state index contributed by atoms with van der Waals surface area (Å²) >= 11 is 0. The van der Waals surface area contributed by atoms with Crippen LogP contribution in [0.5, 0.6) is 0 Å². The molecule has 2 rings (SSSR count). The zero-order valence-corrected chi connectivity index (χ0v) is 10.6. The average molecular weight is 248 g/mol. The molecule has 2 aromatic rings. The molecule has 3 N–H and O–H groups in total. The first-order valence-electron chi connectivity index (χ1n) is 5.84. The number of nitrogens with zero attached hydrogens (tertiary/aromatic N) is 2. The number of hydrogen-bond acceptors (Lipinski definition) is 3. The fourth-order valence-corrected chi connectivity index (χ4v) is 1.77. The minimum atomic E-state index is -0.275. The Labute approximate surface area is 106 Å². The van der Waals surface area contributed by atoms with Gasteiger partial charge in [0.25, 0.3) is 0 Å². The van der Waals surface area contributed by atoms with Gasteiger partial charge in [0, 0.05) is 26.2 Å². The van der Waals surface area contributed by atoms with Gasteiger partial charge in [0.15, 0.2) is 0 Å². The first kappa shape index (κ1) is 12.4. The van der Waals surface area contributed by atoms with Crippen LogP contribution in [0.25, 0.3) is 0 Å². The Morgan fingerprint density at radius 2 is 2.22 bits per heavy atom. The fraction of sp³-hybridized carbons (Fsp3) is 0.308. The van der Waals surface area contributed by atoms with Crippen molar-refractivity contribution < 1.29 is 4.39 Å². The molecule has 96 valence electrons. The van der Waals surface area contributed by atoms with Gasteiger partial charge < -0.3 is 11.1 Å². The lowest BCUT2D eigenvalue weighted by Gasteiger charge is -2.10. The Morgan fingerprint density at radius 1 is 1.44 bits per heavy atom. The molecule has 0 spiro atoms. The van der Waals surface area contributed by atoms with Crippen molar-refractivity contribution in [2.75, 3.05) is 17.6 Å². The van der Waals surface area contributed by atoms with Gasteiger partial charge in [0.1, 0.15) is 5.82 Å². The molecule has 1 aromatic carbocycles. The normalized spacial score (nSPS) is 10.6. The highest BCUT2D eigenvalue weighted by Gasteiger charge is 2.04. The Morgan fingerprint density at radius 3 is 2.89 bits per heavy atom. The van der Waals surface area contributed by atoms with Crippen LogP contribution < -0.4 is 11.1 Å². The Bertz CT molecular complexity index is 548. The number of aryl methyl sites for hydroxylation is 2. The summed E-state index contributed by atoms with van der Waals surface area (Å²) in [6, 6.07) is 5.04. The van der Waals surface area contributed by atoms with Crippen LogP contribution in [0.4, 0.5) is 15.8 Å². The molecule has 0 bridgehead atoms. The van der Waals surface area contributed by atoms with E-state index in [4.69, 9.17) is 5.73 Å². The average Bonchev–Trinajstić information content (AvgIpc) is 2.71. The number of nitrogen functional groups attached to an aromatic ring is 1. The van der Waals surface area contributed by atoms with Crippen LogP contribution in [0.3, 0.4) is 0 Å². The Hall–Kier alpha value is -2.04. The van der Waals surface area contributed by atoms with E-state index in [1.54, 1.807) is 17.7 Å². The molecule has 5 heteroatoms. The monoisotopic (exact) mass is 248 g/mol. The van der Waals surface area contributed by atoms with Crippen LogP contribution in [0.1, 0.15) is 11.3 Å². The minimum absolute atomic E-state index is 0.275. The summed E-state index contributed by atoms with van der Waals surface area (Å²) in [5.41, 5.74) is 8.55. The van der Waals surface area contributed by atoms with E-state index in [0.717, 1.165) is 17.8 Å². The Kier molecular flexibility index (Phi) is 3.50. The van der Waals surface area contributed by atoms with Crippen molar-refractivity contribution in [1.29, 1.82) is 0 Å². The number of aromatic nitrogens is 2. The molecule has 0 amide bonds. The maximum atomic E-state index is 13.2. The second-order valence-corrected chi connectivity index (χ2v) is 4.35. The van der Waals surface area contributed by atoms with E-state index in [1.807, 2.05) is 19.3 Å². The number of hydrogen-bond donors (Lipinski definition) is 2. The van der Waals surface area contributed by atoms with Gasteiger partial charge in [0.2, 0.25) is 0 Å². The van der Waals surface area contributed by atoms with Crippen molar-refractivity contribution in [1.82, 2.24) is 9.78 Å². The topological polar surface area (TPSA) is 55.9 Å². The molecule has 0 aliphatic carbocycles. The maximum Gasteiger partial charge on any atom is 0.128 e. The molecule has 0 unspecified atom stereocenters. The van der Waals surface area contributed by atoms with Crippen molar-refractivity contribution in [2.24, 2.45) is 7.05 Å². The highest BCUT2D eigenvalue weighted by Crippen LogP contribution is 2.22. The second kappa shape index (κ2) is 5.08. The largest absolute Gasteiger partial charge is 0.397 e. The third-order valence-corrected chi connectivity index (χ3v) is 2.80. The van der Waals surface area contributed by atoms with E-state index >= 15 is 0 Å². The molecule has 0 saturated heterocycles. The summed E-state index contributed by atoms with van der Waals surface area (Å²) in [7, 11) is 1.89. The van der Waals surface area contributed by atoms with Gasteiger partial charge >= 0.3 is 0 Å². The lowest BCUT2D eigenvalue weighted by molar-refractivity contribution is 0.619. The molecule has 0 radical (unpaired) electrons. The van der Waals surface area contributed by atoms with Crippen LogP contribution in [-0.2, 0) is 13.5 Å². The van der Waals surface area contributed by atoms with Crippen LogP contribution >= 0.6 is 0 Å². The van der Waals surface area contributed by atoms with E-state index in [2.05, 4.69) is 10.4 Å². The number of nitrogens with two attached hydrogens (primary N) is 1. The number of anilines is 2. The SMILES string of the molecule is Cc1cc(NCCc2ccn(C)n2)c(N)cc1F. The Balaban J connectivity index is 1.96. The van der Waals surface area contributed by atoms with Gasteiger partial charge in [-0.1, -0.05) is 0 Å². The zero-order chi connectivity index (χ0) is 13.1. The van der Waals surface area contributed by atoms with Gasteiger partial charge in [-0.3, -0.25) is 4.68 Å². The molecule has 18 heavy (non-hydrogen) atoms. The van der Waals surface area contributed by atoms with E-state index < -0.39 is 0 Å². The third kappa shape index (κ3) is 2.80. The highest BCUT2D eigenvalue weighted by atomic mass is 19.1. The van der Waals surface area contributed by atoms with Crippen molar-refractivity contribution in [3.63, 3.8) is 0 Å². The zero-order valence-electron chi connectivity index (χ0n) is 10.6. The number of benzene rings is 1. The summed E-state index contributed by atoms with van der Waals surface area (Å²) in [6.45, 7) is 2.44. The van der Waals surface area contributed by atoms with Crippen LogP contribution in [0.2, 0.25) is 0 Å². The smallest absolute Gasteiger partial charge is 0.128 e. The molecular formula is C13H17FN4. The predicted octanol–water partition coefficient (Wildman–Crippen LogP) is 2.10. The molecule has 0 fully saturated rings. The quantitative estimate of drug-likeness (QED) is 0.815. The molecule has 0 atom stereocenters. The summed E-state index contributed by atoms with van der Waals surface area (Å²) in [5.74, 6) is -0.275. The number of nitrogens with one attached hydrogen (secondary N) is 1. The van der Waals surface area contributed by atoms with Crippen molar-refractivity contribution in [2.45, 2.75) is 13.3 Å². The molecule has 1 aromatic heterocycles. The van der Waals surface area contributed by atoms with Crippen molar-refractivity contribution >= 4 is 11.4 Å². The highest BCUT2D eigenvalue weighted by molar-refractivity contribution is 5.67. The summed E-state index contributed by atoms with van der Waals surface area (Å²) in [4.78, 5) is 0. The fourth-order valence-electron chi connectivity index (χ4n) is 1.77. The van der Waals surface area contributed by atoms with E-state index in [9.17, 15) is 4.39 Å². The number of rotatable bonds is 4. The first-order chi connectivity index (χ1) is 8.56. The van der Waals surface area contributed by atoms with Crippen LogP contribution in [-0.4, -0.2) is 16.3 Å². The van der Waals surface area contributed by atoms with E-state index in [0.29, 0.717) is 17.8 Å². The first-order valence-corrected chi connectivity index (χ1v) is 5.84. The standard InChI is InChI=1S/C13H17FN4/c1-9-7-13(12(15)8-11(9)14)16-5-3-10-4-6-18(2)17-10/h4,6-8,16H,3,5,15H2,1-2H3. The van der Waals surface area contributed by atoms with E-state index in [1.165, 1.54) is 6.07 Å². The molecule has 0 aliphatic rings. The van der Waals surface area contributed by atoms with E-state index in [-0.39, 0.29) is 5.82 Å². The van der Waals surface area contributed by atoms with Crippen molar-refractivity contribution in [3.8, 4) is 0 Å². The summed E-state index contributed by atoms with van der Waals surface area (Å²) in [5, 5.41) is 7.48. The van der Waals surface area contributed by atoms with Gasteiger partial charge in [-0.05, 0) is 30.7 Å². The summed E-state index contributed by atoms with van der Waals surface area (Å²) < 4.78 is 15.0. The lowest BCUT2D eigenvalue weighted by atomic mass is 10.1. The molecular weight excluding hydrogens is 231 g/mol. The molecule has 4 nitrogen and oxygen atoms in total. The van der Waals surface area contributed by atoms with Gasteiger partial charge in [-0.2, -0.15) is 5.10 Å². The predicted molar refractivity (Wildman–Crippen MR) is 71.0 cm³/mol. The van der Waals surface area contributed by atoms with Crippen LogP contribution in [0.15, 0.2) is 24.4 Å². The molecule has 0 aliphatic heterocycles.